The fourth-order valence-corrected chi connectivity index (χ4v) is 2.81. The Kier molecular flexibility index (Phi) is 5.14. The van der Waals surface area contributed by atoms with Gasteiger partial charge in [-0.15, -0.1) is 11.3 Å². The molecule has 2 heterocycles. The van der Waals surface area contributed by atoms with Gasteiger partial charge in [-0.05, 0) is 11.4 Å². The van der Waals surface area contributed by atoms with E-state index < -0.39 is 0 Å². The molecule has 1 aliphatic rings. The monoisotopic (exact) mass is 295 g/mol. The Balaban J connectivity index is 1.80. The molecule has 0 spiro atoms. The summed E-state index contributed by atoms with van der Waals surface area (Å²) in [6.45, 7) is 6.88. The SMILES string of the molecule is CC(C)NCC(=O)N1CCN(C(=O)c2cccs2)CC1. The largest absolute Gasteiger partial charge is 0.338 e. The molecule has 2 amide bonds. The predicted octanol–water partition coefficient (Wildman–Crippen LogP) is 1.03. The molecule has 5 nitrogen and oxygen atoms in total. The maximum atomic E-state index is 12.2. The van der Waals surface area contributed by atoms with Gasteiger partial charge in [0.1, 0.15) is 0 Å². The van der Waals surface area contributed by atoms with E-state index in [0.717, 1.165) is 4.88 Å². The number of rotatable bonds is 4. The topological polar surface area (TPSA) is 52.7 Å². The van der Waals surface area contributed by atoms with Crippen LogP contribution in [0.2, 0.25) is 0 Å². The fraction of sp³-hybridized carbons (Fsp3) is 0.571. The summed E-state index contributed by atoms with van der Waals surface area (Å²) in [6.07, 6.45) is 0. The van der Waals surface area contributed by atoms with Gasteiger partial charge in [0.25, 0.3) is 5.91 Å². The maximum absolute atomic E-state index is 12.2. The molecule has 1 aliphatic heterocycles. The van der Waals surface area contributed by atoms with E-state index >= 15 is 0 Å². The Morgan fingerprint density at radius 1 is 1.25 bits per heavy atom. The minimum atomic E-state index is 0.0763. The van der Waals surface area contributed by atoms with E-state index in [0.29, 0.717) is 38.8 Å². The lowest BCUT2D eigenvalue weighted by Crippen LogP contribution is -2.52. The third kappa shape index (κ3) is 3.80. The first-order valence-corrected chi connectivity index (χ1v) is 7.80. The molecule has 6 heteroatoms. The molecule has 0 bridgehead atoms. The molecule has 2 rings (SSSR count). The molecule has 1 N–H and O–H groups in total. The second-order valence-corrected chi connectivity index (χ2v) is 6.13. The van der Waals surface area contributed by atoms with Crippen LogP contribution >= 0.6 is 11.3 Å². The number of amides is 2. The highest BCUT2D eigenvalue weighted by Crippen LogP contribution is 2.13. The van der Waals surface area contributed by atoms with Gasteiger partial charge in [-0.1, -0.05) is 19.9 Å². The molecule has 1 saturated heterocycles. The highest BCUT2D eigenvalue weighted by molar-refractivity contribution is 7.12. The number of nitrogens with zero attached hydrogens (tertiary/aromatic N) is 2. The van der Waals surface area contributed by atoms with Crippen LogP contribution < -0.4 is 5.32 Å². The van der Waals surface area contributed by atoms with Gasteiger partial charge in [-0.25, -0.2) is 0 Å². The second-order valence-electron chi connectivity index (χ2n) is 5.19. The van der Waals surface area contributed by atoms with Crippen LogP contribution in [-0.4, -0.2) is 60.4 Å². The fourth-order valence-electron chi connectivity index (χ4n) is 2.12. The first kappa shape index (κ1) is 15.0. The average molecular weight is 295 g/mol. The normalized spacial score (nSPS) is 15.8. The van der Waals surface area contributed by atoms with Crippen molar-refractivity contribution in [1.82, 2.24) is 15.1 Å². The summed E-state index contributed by atoms with van der Waals surface area (Å²) in [5.41, 5.74) is 0. The Morgan fingerprint density at radius 2 is 1.90 bits per heavy atom. The van der Waals surface area contributed by atoms with Gasteiger partial charge in [0.15, 0.2) is 0 Å². The van der Waals surface area contributed by atoms with Crippen molar-refractivity contribution in [3.8, 4) is 0 Å². The molecule has 0 atom stereocenters. The lowest BCUT2D eigenvalue weighted by Gasteiger charge is -2.34. The Hall–Kier alpha value is -1.40. The quantitative estimate of drug-likeness (QED) is 0.903. The summed E-state index contributed by atoms with van der Waals surface area (Å²) in [4.78, 5) is 28.6. The molecule has 0 saturated carbocycles. The molecule has 0 aliphatic carbocycles. The predicted molar refractivity (Wildman–Crippen MR) is 79.9 cm³/mol. The van der Waals surface area contributed by atoms with E-state index in [9.17, 15) is 9.59 Å². The van der Waals surface area contributed by atoms with Crippen molar-refractivity contribution in [1.29, 1.82) is 0 Å². The number of nitrogens with one attached hydrogen (secondary N) is 1. The van der Waals surface area contributed by atoms with Crippen LogP contribution in [0, 0.1) is 0 Å². The summed E-state index contributed by atoms with van der Waals surface area (Å²) in [7, 11) is 0. The number of hydrogen-bond donors (Lipinski definition) is 1. The van der Waals surface area contributed by atoms with Crippen molar-refractivity contribution in [2.24, 2.45) is 0 Å². The van der Waals surface area contributed by atoms with E-state index in [4.69, 9.17) is 0 Å². The van der Waals surface area contributed by atoms with Crippen molar-refractivity contribution in [3.63, 3.8) is 0 Å². The van der Waals surface area contributed by atoms with Crippen LogP contribution in [0.5, 0.6) is 0 Å². The number of carbonyl (C=O) groups excluding carboxylic acids is 2. The molecule has 0 aromatic carbocycles. The smallest absolute Gasteiger partial charge is 0.264 e. The van der Waals surface area contributed by atoms with Crippen LogP contribution in [0.4, 0.5) is 0 Å². The molecule has 1 fully saturated rings. The van der Waals surface area contributed by atoms with Crippen LogP contribution in [0.1, 0.15) is 23.5 Å². The number of thiophene rings is 1. The Bertz CT molecular complexity index is 451. The van der Waals surface area contributed by atoms with Gasteiger partial charge in [-0.3, -0.25) is 9.59 Å². The van der Waals surface area contributed by atoms with E-state index in [2.05, 4.69) is 5.32 Å². The zero-order valence-corrected chi connectivity index (χ0v) is 12.8. The first-order valence-electron chi connectivity index (χ1n) is 6.92. The third-order valence-corrected chi connectivity index (χ3v) is 4.17. The van der Waals surface area contributed by atoms with Gasteiger partial charge in [0.2, 0.25) is 5.91 Å². The summed E-state index contributed by atoms with van der Waals surface area (Å²) in [6, 6.07) is 4.03. The molecule has 0 radical (unpaired) electrons. The summed E-state index contributed by atoms with van der Waals surface area (Å²) >= 11 is 1.46. The first-order chi connectivity index (χ1) is 9.58. The molecule has 1 aromatic heterocycles. The lowest BCUT2D eigenvalue weighted by atomic mass is 10.2. The van der Waals surface area contributed by atoms with Crippen molar-refractivity contribution in [3.05, 3.63) is 22.4 Å². The van der Waals surface area contributed by atoms with E-state index in [1.807, 2.05) is 41.2 Å². The highest BCUT2D eigenvalue weighted by Gasteiger charge is 2.24. The van der Waals surface area contributed by atoms with Crippen molar-refractivity contribution < 1.29 is 9.59 Å². The van der Waals surface area contributed by atoms with Gasteiger partial charge in [0.05, 0.1) is 11.4 Å². The second kappa shape index (κ2) is 6.85. The molecule has 0 unspecified atom stereocenters. The third-order valence-electron chi connectivity index (χ3n) is 3.31. The standard InChI is InChI=1S/C14H21N3O2S/c1-11(2)15-10-13(18)16-5-7-17(8-6-16)14(19)12-4-3-9-20-12/h3-4,9,11,15H,5-8,10H2,1-2H3. The molecular weight excluding hydrogens is 274 g/mol. The van der Waals surface area contributed by atoms with E-state index in [-0.39, 0.29) is 11.8 Å². The molecule has 1 aromatic rings. The average Bonchev–Trinajstić information content (AvgIpc) is 2.98. The highest BCUT2D eigenvalue weighted by atomic mass is 32.1. The van der Waals surface area contributed by atoms with Crippen molar-refractivity contribution in [2.75, 3.05) is 32.7 Å². The molecular formula is C14H21N3O2S. The summed E-state index contributed by atoms with van der Waals surface area (Å²) in [5, 5.41) is 5.04. The van der Waals surface area contributed by atoms with Gasteiger partial charge < -0.3 is 15.1 Å². The number of hydrogen-bond acceptors (Lipinski definition) is 4. The Labute approximate surface area is 123 Å². The Morgan fingerprint density at radius 3 is 2.45 bits per heavy atom. The molecule has 110 valence electrons. The lowest BCUT2D eigenvalue weighted by molar-refractivity contribution is -0.131. The zero-order chi connectivity index (χ0) is 14.5. The number of piperazine rings is 1. The maximum Gasteiger partial charge on any atom is 0.264 e. The van der Waals surface area contributed by atoms with Crippen LogP contribution in [-0.2, 0) is 4.79 Å². The van der Waals surface area contributed by atoms with Gasteiger partial charge in [-0.2, -0.15) is 0 Å². The van der Waals surface area contributed by atoms with Crippen molar-refractivity contribution >= 4 is 23.2 Å². The van der Waals surface area contributed by atoms with E-state index in [1.54, 1.807) is 0 Å². The minimum Gasteiger partial charge on any atom is -0.338 e. The summed E-state index contributed by atoms with van der Waals surface area (Å²) < 4.78 is 0. The van der Waals surface area contributed by atoms with Gasteiger partial charge >= 0.3 is 0 Å². The van der Waals surface area contributed by atoms with E-state index in [1.165, 1.54) is 11.3 Å². The minimum absolute atomic E-state index is 0.0763. The van der Waals surface area contributed by atoms with Crippen molar-refractivity contribution in [2.45, 2.75) is 19.9 Å². The van der Waals surface area contributed by atoms with Crippen LogP contribution in [0.3, 0.4) is 0 Å². The number of carbonyl (C=O) groups is 2. The zero-order valence-electron chi connectivity index (χ0n) is 12.0. The summed E-state index contributed by atoms with van der Waals surface area (Å²) in [5.74, 6) is 0.189. The molecule has 20 heavy (non-hydrogen) atoms. The van der Waals surface area contributed by atoms with Crippen LogP contribution in [0.25, 0.3) is 0 Å². The van der Waals surface area contributed by atoms with Gasteiger partial charge in [0, 0.05) is 32.2 Å². The van der Waals surface area contributed by atoms with Crippen LogP contribution in [0.15, 0.2) is 17.5 Å².